The first-order valence-corrected chi connectivity index (χ1v) is 7.57. The largest absolute Gasteiger partial charge is 0.388 e. The van der Waals surface area contributed by atoms with Crippen LogP contribution in [0.25, 0.3) is 0 Å². The monoisotopic (exact) mass is 287 g/mol. The first kappa shape index (κ1) is 14.4. The molecule has 1 saturated heterocycles. The summed E-state index contributed by atoms with van der Waals surface area (Å²) in [5, 5.41) is 10.1. The molecule has 1 aliphatic rings. The van der Waals surface area contributed by atoms with Crippen molar-refractivity contribution in [2.24, 2.45) is 5.92 Å². The molecule has 19 heavy (non-hydrogen) atoms. The summed E-state index contributed by atoms with van der Waals surface area (Å²) in [7, 11) is -3.76. The molecule has 4 nitrogen and oxygen atoms in total. The quantitative estimate of drug-likeness (QED) is 0.897. The van der Waals surface area contributed by atoms with Gasteiger partial charge >= 0.3 is 0 Å². The van der Waals surface area contributed by atoms with Crippen LogP contribution in [-0.4, -0.2) is 36.5 Å². The molecule has 106 valence electrons. The lowest BCUT2D eigenvalue weighted by molar-refractivity contribution is 0.0404. The fourth-order valence-corrected chi connectivity index (χ4v) is 4.12. The van der Waals surface area contributed by atoms with Gasteiger partial charge < -0.3 is 5.11 Å². The molecule has 6 heteroatoms. The summed E-state index contributed by atoms with van der Waals surface area (Å²) in [4.78, 5) is -0.0302. The summed E-state index contributed by atoms with van der Waals surface area (Å²) < 4.78 is 39.5. The number of rotatable bonds is 2. The Bertz CT molecular complexity index is 598. The topological polar surface area (TPSA) is 57.6 Å². The zero-order valence-electron chi connectivity index (χ0n) is 11.2. The number of halogens is 1. The van der Waals surface area contributed by atoms with Crippen molar-refractivity contribution in [1.29, 1.82) is 0 Å². The molecule has 1 aliphatic heterocycles. The number of hydrogen-bond donors (Lipinski definition) is 1. The predicted octanol–water partition coefficient (Wildman–Crippen LogP) is 1.53. The highest BCUT2D eigenvalue weighted by Crippen LogP contribution is 2.32. The predicted molar refractivity (Wildman–Crippen MR) is 69.7 cm³/mol. The van der Waals surface area contributed by atoms with Crippen molar-refractivity contribution in [3.8, 4) is 0 Å². The highest BCUT2D eigenvalue weighted by atomic mass is 32.2. The van der Waals surface area contributed by atoms with Crippen molar-refractivity contribution in [1.82, 2.24) is 4.31 Å². The van der Waals surface area contributed by atoms with Crippen molar-refractivity contribution in [3.63, 3.8) is 0 Å². The summed E-state index contributed by atoms with van der Waals surface area (Å²) >= 11 is 0. The van der Waals surface area contributed by atoms with Gasteiger partial charge in [0.1, 0.15) is 5.82 Å². The van der Waals surface area contributed by atoms with Crippen LogP contribution in [0.3, 0.4) is 0 Å². The Hall–Kier alpha value is -0.980. The van der Waals surface area contributed by atoms with Crippen LogP contribution in [0.15, 0.2) is 23.1 Å². The number of aryl methyl sites for hydroxylation is 1. The van der Waals surface area contributed by atoms with E-state index in [-0.39, 0.29) is 23.9 Å². The van der Waals surface area contributed by atoms with Crippen LogP contribution in [-0.2, 0) is 10.0 Å². The van der Waals surface area contributed by atoms with E-state index < -0.39 is 21.4 Å². The van der Waals surface area contributed by atoms with E-state index in [2.05, 4.69) is 0 Å². The first-order valence-electron chi connectivity index (χ1n) is 6.13. The third-order valence-corrected chi connectivity index (χ3v) is 5.76. The highest BCUT2D eigenvalue weighted by molar-refractivity contribution is 7.89. The van der Waals surface area contributed by atoms with Crippen LogP contribution >= 0.6 is 0 Å². The van der Waals surface area contributed by atoms with Gasteiger partial charge in [-0.25, -0.2) is 12.8 Å². The van der Waals surface area contributed by atoms with Crippen molar-refractivity contribution in [3.05, 3.63) is 29.6 Å². The number of nitrogens with zero attached hydrogens (tertiary/aromatic N) is 1. The molecule has 2 rings (SSSR count). The van der Waals surface area contributed by atoms with E-state index in [0.717, 1.165) is 6.07 Å². The summed E-state index contributed by atoms with van der Waals surface area (Å²) in [6.45, 7) is 5.32. The molecule has 1 N–H and O–H groups in total. The van der Waals surface area contributed by atoms with E-state index in [0.29, 0.717) is 5.56 Å². The van der Waals surface area contributed by atoms with Crippen molar-refractivity contribution in [2.45, 2.75) is 31.3 Å². The van der Waals surface area contributed by atoms with Gasteiger partial charge in [-0.05, 0) is 37.5 Å². The van der Waals surface area contributed by atoms with E-state index in [4.69, 9.17) is 0 Å². The van der Waals surface area contributed by atoms with Crippen LogP contribution in [0.5, 0.6) is 0 Å². The summed E-state index contributed by atoms with van der Waals surface area (Å²) in [6, 6.07) is 3.71. The Morgan fingerprint density at radius 1 is 1.47 bits per heavy atom. The number of β-amino-alcohol motifs (C(OH)–C–C–N with tert-alkyl or cyclic N) is 1. The number of benzene rings is 1. The Labute approximate surface area is 112 Å². The SMILES string of the molecule is Cc1ccc(F)cc1S(=O)(=O)N1C[C@@H](C)[C@@](C)(O)C1. The molecule has 0 aromatic heterocycles. The third-order valence-electron chi connectivity index (χ3n) is 3.80. The lowest BCUT2D eigenvalue weighted by atomic mass is 9.95. The Kier molecular flexibility index (Phi) is 3.45. The van der Waals surface area contributed by atoms with E-state index in [1.807, 2.05) is 0 Å². The van der Waals surface area contributed by atoms with Gasteiger partial charge in [-0.15, -0.1) is 0 Å². The van der Waals surface area contributed by atoms with Crippen LogP contribution in [0.1, 0.15) is 19.4 Å². The lowest BCUT2D eigenvalue weighted by Gasteiger charge is -2.21. The lowest BCUT2D eigenvalue weighted by Crippen LogP contribution is -2.35. The molecule has 0 radical (unpaired) electrons. The zero-order chi connectivity index (χ0) is 14.4. The second-order valence-electron chi connectivity index (χ2n) is 5.47. The summed E-state index contributed by atoms with van der Waals surface area (Å²) in [5.74, 6) is -0.737. The molecule has 2 atom stereocenters. The number of sulfonamides is 1. The van der Waals surface area contributed by atoms with E-state index in [1.165, 1.54) is 16.4 Å². The maximum atomic E-state index is 13.3. The molecular weight excluding hydrogens is 269 g/mol. The molecule has 0 bridgehead atoms. The first-order chi connectivity index (χ1) is 8.64. The number of aliphatic hydroxyl groups is 1. The maximum Gasteiger partial charge on any atom is 0.243 e. The fourth-order valence-electron chi connectivity index (χ4n) is 2.25. The van der Waals surface area contributed by atoms with Gasteiger partial charge in [0.25, 0.3) is 0 Å². The van der Waals surface area contributed by atoms with E-state index in [9.17, 15) is 17.9 Å². The Balaban J connectivity index is 2.42. The highest BCUT2D eigenvalue weighted by Gasteiger charge is 2.44. The molecular formula is C13H18FNO3S. The molecule has 0 saturated carbocycles. The van der Waals surface area contributed by atoms with Crippen molar-refractivity contribution < 1.29 is 17.9 Å². The minimum absolute atomic E-state index is 0.0302. The average molecular weight is 287 g/mol. The second-order valence-corrected chi connectivity index (χ2v) is 7.37. The Morgan fingerprint density at radius 3 is 2.63 bits per heavy atom. The molecule has 0 spiro atoms. The van der Waals surface area contributed by atoms with E-state index >= 15 is 0 Å². The summed E-state index contributed by atoms with van der Waals surface area (Å²) in [6.07, 6.45) is 0. The zero-order valence-corrected chi connectivity index (χ0v) is 12.0. The van der Waals surface area contributed by atoms with Gasteiger partial charge in [0.05, 0.1) is 10.5 Å². The molecule has 0 unspecified atom stereocenters. The van der Waals surface area contributed by atoms with E-state index in [1.54, 1.807) is 20.8 Å². The molecule has 1 fully saturated rings. The van der Waals surface area contributed by atoms with Crippen LogP contribution in [0.4, 0.5) is 4.39 Å². The summed E-state index contributed by atoms with van der Waals surface area (Å²) in [5.41, 5.74) is -0.547. The van der Waals surface area contributed by atoms with Gasteiger partial charge in [0.2, 0.25) is 10.0 Å². The van der Waals surface area contributed by atoms with Crippen molar-refractivity contribution in [2.75, 3.05) is 13.1 Å². The minimum Gasteiger partial charge on any atom is -0.388 e. The van der Waals surface area contributed by atoms with Gasteiger partial charge in [0.15, 0.2) is 0 Å². The molecule has 1 aromatic rings. The van der Waals surface area contributed by atoms with Crippen LogP contribution in [0.2, 0.25) is 0 Å². The van der Waals surface area contributed by atoms with Gasteiger partial charge in [-0.2, -0.15) is 4.31 Å². The molecule has 0 aliphatic carbocycles. The fraction of sp³-hybridized carbons (Fsp3) is 0.538. The normalized spacial score (nSPS) is 28.8. The van der Waals surface area contributed by atoms with Crippen LogP contribution in [0, 0.1) is 18.7 Å². The minimum atomic E-state index is -3.76. The van der Waals surface area contributed by atoms with Crippen LogP contribution < -0.4 is 0 Å². The molecule has 1 heterocycles. The van der Waals surface area contributed by atoms with Gasteiger partial charge in [-0.3, -0.25) is 0 Å². The number of hydrogen-bond acceptors (Lipinski definition) is 3. The molecule has 0 amide bonds. The van der Waals surface area contributed by atoms with Crippen molar-refractivity contribution >= 4 is 10.0 Å². The second kappa shape index (κ2) is 4.54. The smallest absolute Gasteiger partial charge is 0.243 e. The van der Waals surface area contributed by atoms with Gasteiger partial charge in [-0.1, -0.05) is 13.0 Å². The maximum absolute atomic E-state index is 13.3. The average Bonchev–Trinajstić information content (AvgIpc) is 2.57. The standard InChI is InChI=1S/C13H18FNO3S/c1-9-4-5-11(14)6-12(9)19(17,18)15-7-10(2)13(3,16)8-15/h4-6,10,16H,7-8H2,1-3H3/t10-,13+/m1/s1. The van der Waals surface area contributed by atoms with Gasteiger partial charge in [0, 0.05) is 13.1 Å². The third kappa shape index (κ3) is 2.52. The Morgan fingerprint density at radius 2 is 2.11 bits per heavy atom. The molecule has 1 aromatic carbocycles.